The smallest absolute Gasteiger partial charge is 0.187 e. The summed E-state index contributed by atoms with van der Waals surface area (Å²) in [5.74, 6) is 0. The Balaban J connectivity index is 1.33. The summed E-state index contributed by atoms with van der Waals surface area (Å²) in [4.78, 5) is 0. The lowest BCUT2D eigenvalue weighted by atomic mass is 10.00. The van der Waals surface area contributed by atoms with Gasteiger partial charge in [-0.3, -0.25) is 0 Å². The van der Waals surface area contributed by atoms with Crippen LogP contribution >= 0.6 is 0 Å². The molecular formula is C27H28O5. The second-order valence-corrected chi connectivity index (χ2v) is 8.16. The highest BCUT2D eigenvalue weighted by molar-refractivity contribution is 5.15. The van der Waals surface area contributed by atoms with Crippen molar-refractivity contribution in [2.24, 2.45) is 0 Å². The summed E-state index contributed by atoms with van der Waals surface area (Å²) in [6.07, 6.45) is -1.63. The van der Waals surface area contributed by atoms with Gasteiger partial charge in [0.05, 0.1) is 26.4 Å². The number of fused-ring (bicyclic) bond motifs is 2. The van der Waals surface area contributed by atoms with Crippen LogP contribution in [0.4, 0.5) is 0 Å². The van der Waals surface area contributed by atoms with Gasteiger partial charge >= 0.3 is 0 Å². The van der Waals surface area contributed by atoms with E-state index in [2.05, 4.69) is 24.3 Å². The van der Waals surface area contributed by atoms with Crippen LogP contribution < -0.4 is 0 Å². The van der Waals surface area contributed by atoms with Gasteiger partial charge < -0.3 is 23.7 Å². The molecule has 3 aromatic carbocycles. The summed E-state index contributed by atoms with van der Waals surface area (Å²) in [5.41, 5.74) is 3.31. The van der Waals surface area contributed by atoms with Gasteiger partial charge in [-0.25, -0.2) is 0 Å². The number of ether oxygens (including phenoxy) is 5. The quantitative estimate of drug-likeness (QED) is 0.498. The molecule has 5 atom stereocenters. The Kier molecular flexibility index (Phi) is 6.92. The molecule has 2 heterocycles. The minimum absolute atomic E-state index is 0.180. The van der Waals surface area contributed by atoms with Crippen molar-refractivity contribution in [3.8, 4) is 0 Å². The summed E-state index contributed by atoms with van der Waals surface area (Å²) in [6.45, 7) is 1.88. The maximum atomic E-state index is 6.44. The molecule has 2 aliphatic rings. The van der Waals surface area contributed by atoms with Crippen molar-refractivity contribution in [1.82, 2.24) is 0 Å². The van der Waals surface area contributed by atoms with Gasteiger partial charge in [0.2, 0.25) is 0 Å². The average molecular weight is 433 g/mol. The van der Waals surface area contributed by atoms with Gasteiger partial charge in [0.15, 0.2) is 6.29 Å². The number of hydrogen-bond acceptors (Lipinski definition) is 5. The zero-order valence-electron chi connectivity index (χ0n) is 17.9. The van der Waals surface area contributed by atoms with E-state index in [1.807, 2.05) is 66.7 Å². The van der Waals surface area contributed by atoms with Gasteiger partial charge in [0.1, 0.15) is 24.4 Å². The molecule has 2 fully saturated rings. The van der Waals surface area contributed by atoms with Gasteiger partial charge in [-0.15, -0.1) is 0 Å². The molecule has 0 aliphatic carbocycles. The van der Waals surface area contributed by atoms with E-state index in [-0.39, 0.29) is 18.3 Å². The highest BCUT2D eigenvalue weighted by Gasteiger charge is 2.52. The average Bonchev–Trinajstić information content (AvgIpc) is 3.29. The second kappa shape index (κ2) is 10.4. The highest BCUT2D eigenvalue weighted by Crippen LogP contribution is 2.35. The fourth-order valence-electron chi connectivity index (χ4n) is 4.20. The fraction of sp³-hybridized carbons (Fsp3) is 0.333. The summed E-state index contributed by atoms with van der Waals surface area (Å²) < 4.78 is 31.2. The zero-order chi connectivity index (χ0) is 21.6. The first-order valence-electron chi connectivity index (χ1n) is 11.1. The summed E-state index contributed by atoms with van der Waals surface area (Å²) in [6, 6.07) is 30.4. The molecule has 0 spiro atoms. The molecule has 5 nitrogen and oxygen atoms in total. The van der Waals surface area contributed by atoms with Crippen molar-refractivity contribution >= 4 is 0 Å². The first-order valence-corrected chi connectivity index (χ1v) is 11.1. The van der Waals surface area contributed by atoms with Crippen LogP contribution in [0.3, 0.4) is 0 Å². The van der Waals surface area contributed by atoms with Crippen LogP contribution in [-0.2, 0) is 43.5 Å². The van der Waals surface area contributed by atoms with Crippen LogP contribution in [0.2, 0.25) is 0 Å². The molecule has 32 heavy (non-hydrogen) atoms. The Labute approximate surface area is 188 Å². The molecule has 5 rings (SSSR count). The molecule has 0 amide bonds. The molecule has 1 unspecified atom stereocenters. The summed E-state index contributed by atoms with van der Waals surface area (Å²) in [5, 5.41) is 0. The van der Waals surface area contributed by atoms with E-state index in [1.54, 1.807) is 0 Å². The first-order chi connectivity index (χ1) is 15.9. The number of hydrogen-bond donors (Lipinski definition) is 0. The zero-order valence-corrected chi connectivity index (χ0v) is 17.9. The second-order valence-electron chi connectivity index (χ2n) is 8.16. The van der Waals surface area contributed by atoms with Crippen LogP contribution in [-0.4, -0.2) is 37.3 Å². The molecule has 3 aromatic rings. The van der Waals surface area contributed by atoms with Crippen molar-refractivity contribution in [1.29, 1.82) is 0 Å². The van der Waals surface area contributed by atoms with Crippen LogP contribution in [0.25, 0.3) is 0 Å². The Morgan fingerprint density at radius 2 is 1.00 bits per heavy atom. The van der Waals surface area contributed by atoms with Crippen molar-refractivity contribution in [3.63, 3.8) is 0 Å². The Hall–Kier alpha value is -2.54. The van der Waals surface area contributed by atoms with Crippen molar-refractivity contribution in [2.75, 3.05) is 6.61 Å². The van der Waals surface area contributed by atoms with E-state index < -0.39 is 12.4 Å². The van der Waals surface area contributed by atoms with Crippen molar-refractivity contribution in [3.05, 3.63) is 108 Å². The standard InChI is InChI=1S/C27H28O5/c1-4-10-20(11-5-1)16-28-24-23-19-31-27(32-23)26(30-18-22-14-8-3-9-15-22)25(24)29-17-21-12-6-2-7-13-21/h1-15,23-27H,16-19H2/t23?,24-,25+,26-,27-/m1/s1. The predicted molar refractivity (Wildman–Crippen MR) is 120 cm³/mol. The van der Waals surface area contributed by atoms with Crippen LogP contribution in [0, 0.1) is 0 Å². The normalized spacial score (nSPS) is 26.8. The van der Waals surface area contributed by atoms with E-state index in [9.17, 15) is 0 Å². The van der Waals surface area contributed by atoms with Crippen LogP contribution in [0.5, 0.6) is 0 Å². The number of rotatable bonds is 9. The van der Waals surface area contributed by atoms with E-state index >= 15 is 0 Å². The van der Waals surface area contributed by atoms with Crippen LogP contribution in [0.1, 0.15) is 16.7 Å². The van der Waals surface area contributed by atoms with Gasteiger partial charge in [0, 0.05) is 0 Å². The first kappa shape index (κ1) is 21.3. The van der Waals surface area contributed by atoms with Crippen LogP contribution in [0.15, 0.2) is 91.0 Å². The minimum Gasteiger partial charge on any atom is -0.368 e. The Morgan fingerprint density at radius 3 is 1.50 bits per heavy atom. The van der Waals surface area contributed by atoms with E-state index in [4.69, 9.17) is 23.7 Å². The molecule has 2 aliphatic heterocycles. The van der Waals surface area contributed by atoms with Gasteiger partial charge in [-0.1, -0.05) is 91.0 Å². The predicted octanol–water partition coefficient (Wildman–Crippen LogP) is 4.50. The monoisotopic (exact) mass is 432 g/mol. The molecule has 5 heteroatoms. The Morgan fingerprint density at radius 1 is 0.562 bits per heavy atom. The van der Waals surface area contributed by atoms with Gasteiger partial charge in [-0.2, -0.15) is 0 Å². The third-order valence-electron chi connectivity index (χ3n) is 5.87. The molecule has 0 aromatic heterocycles. The summed E-state index contributed by atoms with van der Waals surface area (Å²) >= 11 is 0. The molecule has 0 saturated carbocycles. The molecule has 166 valence electrons. The molecule has 0 radical (unpaired) electrons. The van der Waals surface area contributed by atoms with Gasteiger partial charge in [-0.05, 0) is 16.7 Å². The molecule has 0 N–H and O–H groups in total. The minimum atomic E-state index is -0.457. The lowest BCUT2D eigenvalue weighted by molar-refractivity contribution is -0.268. The third kappa shape index (κ3) is 5.09. The topological polar surface area (TPSA) is 46.2 Å². The fourth-order valence-corrected chi connectivity index (χ4v) is 4.20. The lowest BCUT2D eigenvalue weighted by Crippen LogP contribution is -2.56. The summed E-state index contributed by atoms with van der Waals surface area (Å²) in [7, 11) is 0. The molecule has 2 bridgehead atoms. The highest BCUT2D eigenvalue weighted by atomic mass is 16.8. The Bertz CT molecular complexity index is 892. The van der Waals surface area contributed by atoms with Crippen molar-refractivity contribution in [2.45, 2.75) is 50.5 Å². The maximum absolute atomic E-state index is 6.44. The number of benzene rings is 3. The van der Waals surface area contributed by atoms with E-state index in [0.717, 1.165) is 16.7 Å². The largest absolute Gasteiger partial charge is 0.368 e. The lowest BCUT2D eigenvalue weighted by Gasteiger charge is -2.40. The molecule has 2 saturated heterocycles. The third-order valence-corrected chi connectivity index (χ3v) is 5.87. The van der Waals surface area contributed by atoms with Gasteiger partial charge in [0.25, 0.3) is 0 Å². The maximum Gasteiger partial charge on any atom is 0.187 e. The van der Waals surface area contributed by atoms with E-state index in [0.29, 0.717) is 26.4 Å². The van der Waals surface area contributed by atoms with Crippen molar-refractivity contribution < 1.29 is 23.7 Å². The van der Waals surface area contributed by atoms with E-state index in [1.165, 1.54) is 0 Å². The molecular weight excluding hydrogens is 404 g/mol. The SMILES string of the molecule is c1ccc(CO[C@@H]2[C@@H](OCc3ccccc3)[C@@H]3OCC(O3)[C@H]2OCc2ccccc2)cc1.